The second-order valence-electron chi connectivity index (χ2n) is 3.51. The summed E-state index contributed by atoms with van der Waals surface area (Å²) in [6.45, 7) is 3.82. The molecule has 0 fully saturated rings. The van der Waals surface area contributed by atoms with Crippen LogP contribution in [0.25, 0.3) is 11.7 Å². The van der Waals surface area contributed by atoms with Crippen LogP contribution in [-0.2, 0) is 4.74 Å². The quantitative estimate of drug-likeness (QED) is 0.730. The fourth-order valence-electron chi connectivity index (χ4n) is 1.04. The van der Waals surface area contributed by atoms with E-state index in [1.165, 1.54) is 7.11 Å². The summed E-state index contributed by atoms with van der Waals surface area (Å²) in [5.41, 5.74) is 0. The first-order valence-corrected chi connectivity index (χ1v) is 4.87. The van der Waals surface area contributed by atoms with E-state index in [1.807, 2.05) is 13.8 Å². The Morgan fingerprint density at radius 3 is 2.71 bits per heavy atom. The zero-order valence-electron chi connectivity index (χ0n) is 9.50. The minimum Gasteiger partial charge on any atom is -0.462 e. The Labute approximate surface area is 96.0 Å². The second-order valence-corrected chi connectivity index (χ2v) is 3.51. The van der Waals surface area contributed by atoms with Crippen LogP contribution in [0.5, 0.6) is 0 Å². The van der Waals surface area contributed by atoms with Crippen molar-refractivity contribution in [1.82, 2.24) is 20.3 Å². The first-order chi connectivity index (χ1) is 8.11. The normalized spacial score (nSPS) is 10.8. The molecule has 0 aliphatic carbocycles. The number of esters is 1. The Bertz CT molecular complexity index is 531. The van der Waals surface area contributed by atoms with Gasteiger partial charge in [0.1, 0.15) is 0 Å². The Morgan fingerprint density at radius 2 is 2.12 bits per heavy atom. The molecule has 0 radical (unpaired) electrons. The third-order valence-corrected chi connectivity index (χ3v) is 1.91. The van der Waals surface area contributed by atoms with Crippen LogP contribution in [-0.4, -0.2) is 33.4 Å². The van der Waals surface area contributed by atoms with Crippen molar-refractivity contribution in [2.45, 2.75) is 19.8 Å². The molecule has 2 aromatic rings. The number of aromatic nitrogens is 4. The summed E-state index contributed by atoms with van der Waals surface area (Å²) in [6.07, 6.45) is 0. The van der Waals surface area contributed by atoms with Crippen LogP contribution in [0.4, 0.5) is 0 Å². The standard InChI is InChI=1S/C9H10N4O4/c1-4(2)6-10-5(13-17-6)7-11-12-8(16-7)9(14)15-3/h4H,1-3H3. The minimum atomic E-state index is -0.712. The molecule has 2 rings (SSSR count). The van der Waals surface area contributed by atoms with E-state index in [1.54, 1.807) is 0 Å². The van der Waals surface area contributed by atoms with Crippen LogP contribution >= 0.6 is 0 Å². The summed E-state index contributed by atoms with van der Waals surface area (Å²) < 4.78 is 14.4. The van der Waals surface area contributed by atoms with Crippen molar-refractivity contribution in [3.8, 4) is 11.7 Å². The molecule has 0 unspecified atom stereocenters. The maximum atomic E-state index is 11.1. The molecule has 0 N–H and O–H groups in total. The highest BCUT2D eigenvalue weighted by Crippen LogP contribution is 2.18. The van der Waals surface area contributed by atoms with Crippen molar-refractivity contribution in [3.05, 3.63) is 11.8 Å². The van der Waals surface area contributed by atoms with Gasteiger partial charge in [-0.1, -0.05) is 19.0 Å². The van der Waals surface area contributed by atoms with Gasteiger partial charge < -0.3 is 13.7 Å². The highest BCUT2D eigenvalue weighted by atomic mass is 16.5. The molecule has 2 aromatic heterocycles. The Morgan fingerprint density at radius 1 is 1.35 bits per heavy atom. The topological polar surface area (TPSA) is 104 Å². The van der Waals surface area contributed by atoms with E-state index in [4.69, 9.17) is 8.94 Å². The first kappa shape index (κ1) is 11.2. The van der Waals surface area contributed by atoms with Gasteiger partial charge in [-0.3, -0.25) is 0 Å². The lowest BCUT2D eigenvalue weighted by Crippen LogP contribution is -2.00. The summed E-state index contributed by atoms with van der Waals surface area (Å²) in [4.78, 5) is 15.1. The molecule has 0 atom stereocenters. The number of hydrogen-bond donors (Lipinski definition) is 0. The zero-order valence-corrected chi connectivity index (χ0v) is 9.50. The molecule has 8 nitrogen and oxygen atoms in total. The van der Waals surface area contributed by atoms with E-state index in [-0.39, 0.29) is 23.5 Å². The molecule has 0 saturated heterocycles. The number of carbonyl (C=O) groups excluding carboxylic acids is 1. The molecule has 0 spiro atoms. The van der Waals surface area contributed by atoms with Gasteiger partial charge in [-0.2, -0.15) is 4.98 Å². The Balaban J connectivity index is 2.27. The smallest absolute Gasteiger partial charge is 0.396 e. The fraction of sp³-hybridized carbons (Fsp3) is 0.444. The van der Waals surface area contributed by atoms with Crippen LogP contribution < -0.4 is 0 Å². The molecule has 0 aliphatic rings. The van der Waals surface area contributed by atoms with E-state index >= 15 is 0 Å². The summed E-state index contributed by atoms with van der Waals surface area (Å²) in [5.74, 6) is -0.246. The average Bonchev–Trinajstić information content (AvgIpc) is 2.95. The van der Waals surface area contributed by atoms with E-state index < -0.39 is 5.97 Å². The van der Waals surface area contributed by atoms with Crippen molar-refractivity contribution in [2.24, 2.45) is 0 Å². The van der Waals surface area contributed by atoms with Crippen molar-refractivity contribution in [2.75, 3.05) is 7.11 Å². The minimum absolute atomic E-state index is 0.0149. The van der Waals surface area contributed by atoms with Crippen molar-refractivity contribution in [1.29, 1.82) is 0 Å². The maximum absolute atomic E-state index is 11.1. The zero-order chi connectivity index (χ0) is 12.4. The van der Waals surface area contributed by atoms with E-state index in [2.05, 4.69) is 25.1 Å². The summed E-state index contributed by atoms with van der Waals surface area (Å²) in [7, 11) is 1.22. The van der Waals surface area contributed by atoms with Gasteiger partial charge in [0.2, 0.25) is 5.89 Å². The highest BCUT2D eigenvalue weighted by molar-refractivity contribution is 5.84. The predicted molar refractivity (Wildman–Crippen MR) is 53.0 cm³/mol. The molecular weight excluding hydrogens is 228 g/mol. The highest BCUT2D eigenvalue weighted by Gasteiger charge is 2.20. The lowest BCUT2D eigenvalue weighted by atomic mass is 10.2. The van der Waals surface area contributed by atoms with Gasteiger partial charge in [-0.25, -0.2) is 4.79 Å². The molecule has 90 valence electrons. The fourth-order valence-corrected chi connectivity index (χ4v) is 1.04. The lowest BCUT2D eigenvalue weighted by Gasteiger charge is -1.91. The van der Waals surface area contributed by atoms with Gasteiger partial charge in [-0.15, -0.1) is 10.2 Å². The molecule has 0 aliphatic heterocycles. The van der Waals surface area contributed by atoms with Crippen LogP contribution in [0.3, 0.4) is 0 Å². The Hall–Kier alpha value is -2.25. The first-order valence-electron chi connectivity index (χ1n) is 4.87. The molecule has 0 saturated carbocycles. The third-order valence-electron chi connectivity index (χ3n) is 1.91. The van der Waals surface area contributed by atoms with Gasteiger partial charge in [0.15, 0.2) is 0 Å². The summed E-state index contributed by atoms with van der Waals surface area (Å²) >= 11 is 0. The van der Waals surface area contributed by atoms with E-state index in [0.717, 1.165) is 0 Å². The van der Waals surface area contributed by atoms with E-state index in [9.17, 15) is 4.79 Å². The molecule has 0 bridgehead atoms. The van der Waals surface area contributed by atoms with Crippen LogP contribution in [0.15, 0.2) is 8.94 Å². The van der Waals surface area contributed by atoms with Gasteiger partial charge in [0.05, 0.1) is 7.11 Å². The number of hydrogen-bond acceptors (Lipinski definition) is 8. The van der Waals surface area contributed by atoms with Crippen molar-refractivity contribution in [3.63, 3.8) is 0 Å². The SMILES string of the molecule is COC(=O)c1nnc(-c2noc(C(C)C)n2)o1. The lowest BCUT2D eigenvalue weighted by molar-refractivity contribution is 0.0556. The van der Waals surface area contributed by atoms with Crippen LogP contribution in [0.2, 0.25) is 0 Å². The van der Waals surface area contributed by atoms with Crippen LogP contribution in [0, 0.1) is 0 Å². The Kier molecular flexibility index (Phi) is 2.86. The second kappa shape index (κ2) is 4.32. The maximum Gasteiger partial charge on any atom is 0.396 e. The summed E-state index contributed by atoms with van der Waals surface area (Å²) in [6, 6.07) is 0. The van der Waals surface area contributed by atoms with Crippen LogP contribution in [0.1, 0.15) is 36.3 Å². The average molecular weight is 238 g/mol. The number of methoxy groups -OCH3 is 1. The van der Waals surface area contributed by atoms with Crippen molar-refractivity contribution >= 4 is 5.97 Å². The number of ether oxygens (including phenoxy) is 1. The van der Waals surface area contributed by atoms with Gasteiger partial charge >= 0.3 is 11.9 Å². The van der Waals surface area contributed by atoms with Gasteiger partial charge in [-0.05, 0) is 0 Å². The third kappa shape index (κ3) is 2.14. The molecule has 0 amide bonds. The van der Waals surface area contributed by atoms with Gasteiger partial charge in [0, 0.05) is 5.92 Å². The molecule has 2 heterocycles. The van der Waals surface area contributed by atoms with E-state index in [0.29, 0.717) is 5.89 Å². The monoisotopic (exact) mass is 238 g/mol. The number of nitrogens with zero attached hydrogens (tertiary/aromatic N) is 4. The van der Waals surface area contributed by atoms with Crippen molar-refractivity contribution < 1.29 is 18.5 Å². The molecular formula is C9H10N4O4. The predicted octanol–water partition coefficient (Wildman–Crippen LogP) is 1.03. The number of rotatable bonds is 3. The van der Waals surface area contributed by atoms with Gasteiger partial charge in [0.25, 0.3) is 11.7 Å². The largest absolute Gasteiger partial charge is 0.462 e. The molecule has 8 heteroatoms. The molecule has 0 aromatic carbocycles. The molecule has 17 heavy (non-hydrogen) atoms. The summed E-state index contributed by atoms with van der Waals surface area (Å²) in [5, 5.41) is 10.8. The number of carbonyl (C=O) groups is 1.